The van der Waals surface area contributed by atoms with Crippen LogP contribution >= 0.6 is 0 Å². The Morgan fingerprint density at radius 1 is 0.785 bits per heavy atom. The standard InChI is InChI=1S/C68H78N4O7/c1-4-11-57-52-31-46(28-45-26-27-70-64(33-45)72-54-22-19-47-18-16-44(29-51(47)34-54)32-56(73)41-69-39-42(2)53-35-55(71-40-53)38-62(57)75)30-49-20-24-58(48-14-9-6-10-15-48)65-50(21-25-61(74)68(78)67(77)60(49)36-52)37-63(79-3)66(76)59(65)23-17-43-12-7-5-8-13-43/h5-10,12-16,18-19,22,26,29,33-35,37,40,42,46,49,52,56-58,60,62,68-73,75-76,78H,4,11,17,21,23,25,27-28,30-32,36,38-39,41H2,1-3H3. The van der Waals surface area contributed by atoms with Gasteiger partial charge in [-0.3, -0.25) is 9.59 Å². The Hall–Kier alpha value is -6.94. The number of phenols is 1. The van der Waals surface area contributed by atoms with E-state index in [-0.39, 0.29) is 42.3 Å². The van der Waals surface area contributed by atoms with Gasteiger partial charge in [0.25, 0.3) is 0 Å². The number of aromatic amines is 1. The van der Waals surface area contributed by atoms with Gasteiger partial charge < -0.3 is 46.1 Å². The monoisotopic (exact) mass is 1060 g/mol. The molecule has 412 valence electrons. The van der Waals surface area contributed by atoms with Crippen LogP contribution in [0, 0.1) is 41.4 Å². The molecule has 0 saturated heterocycles. The Kier molecular flexibility index (Phi) is 17.8. The number of nitrogens with one attached hydrogen (secondary N) is 4. The highest BCUT2D eigenvalue weighted by Gasteiger charge is 2.44. The predicted molar refractivity (Wildman–Crippen MR) is 313 cm³/mol. The number of aliphatic hydroxyl groups excluding tert-OH is 3. The topological polar surface area (TPSA) is 176 Å². The van der Waals surface area contributed by atoms with E-state index in [4.69, 9.17) is 4.74 Å². The summed E-state index contributed by atoms with van der Waals surface area (Å²) >= 11 is 0. The van der Waals surface area contributed by atoms with Crippen molar-refractivity contribution in [2.24, 2.45) is 29.6 Å². The van der Waals surface area contributed by atoms with Crippen LogP contribution in [0.25, 0.3) is 10.8 Å². The molecule has 79 heavy (non-hydrogen) atoms. The van der Waals surface area contributed by atoms with Gasteiger partial charge >= 0.3 is 0 Å². The molecule has 11 heteroatoms. The van der Waals surface area contributed by atoms with Crippen molar-refractivity contribution in [3.05, 3.63) is 184 Å². The molecule has 1 fully saturated rings. The lowest BCUT2D eigenvalue weighted by molar-refractivity contribution is -0.142. The van der Waals surface area contributed by atoms with E-state index >= 15 is 4.79 Å². The SMILES string of the molecule is CCCC1C(O)Cc2cc(c[nH]2)C(C)CNCC(O)Cc2ccc3ccc(cc3c2)NC2=CC(=CCN2)CC2CC3C#CC(c4ccccc4)c4c(cc(OC)c(O)c4CCc4ccccc4)CCC(=O)C(O)C(=O)C3CC1C2. The van der Waals surface area contributed by atoms with Crippen molar-refractivity contribution in [3.8, 4) is 23.3 Å². The second kappa shape index (κ2) is 25.5. The number of anilines is 1. The Morgan fingerprint density at radius 2 is 1.58 bits per heavy atom. The number of hydrogen-bond donors (Lipinski definition) is 8. The number of aryl methyl sites for hydroxylation is 2. The molecular formula is C68H78N4O7. The average Bonchev–Trinajstić information content (AvgIpc) is 3.95. The third-order valence-corrected chi connectivity index (χ3v) is 17.4. The Labute approximate surface area is 466 Å². The van der Waals surface area contributed by atoms with Crippen LogP contribution in [0.15, 0.2) is 139 Å². The molecule has 8 N–H and O–H groups in total. The number of benzene rings is 5. The molecule has 0 radical (unpaired) electrons. The minimum Gasteiger partial charge on any atom is -0.504 e. The molecule has 10 atom stereocenters. The highest BCUT2D eigenvalue weighted by atomic mass is 16.5. The maximum absolute atomic E-state index is 15.2. The van der Waals surface area contributed by atoms with Crippen molar-refractivity contribution in [2.45, 2.75) is 121 Å². The first-order valence-corrected chi connectivity index (χ1v) is 28.9. The van der Waals surface area contributed by atoms with E-state index in [1.807, 2.05) is 42.6 Å². The van der Waals surface area contributed by atoms with Crippen LogP contribution in [-0.4, -0.2) is 82.0 Å². The number of rotatable bonds is 7. The first-order chi connectivity index (χ1) is 38.4. The molecule has 0 spiro atoms. The van der Waals surface area contributed by atoms with Gasteiger partial charge in [0.15, 0.2) is 29.2 Å². The largest absolute Gasteiger partial charge is 0.504 e. The van der Waals surface area contributed by atoms with Crippen LogP contribution < -0.4 is 20.7 Å². The molecular weight excluding hydrogens is 985 g/mol. The number of hydrogen-bond acceptors (Lipinski definition) is 10. The van der Waals surface area contributed by atoms with Gasteiger partial charge in [-0.2, -0.15) is 0 Å². The normalized spacial score (nSPS) is 26.2. The van der Waals surface area contributed by atoms with Crippen LogP contribution in [0.2, 0.25) is 0 Å². The number of aliphatic hydroxyl groups is 3. The molecule has 2 aliphatic carbocycles. The van der Waals surface area contributed by atoms with Crippen LogP contribution in [0.5, 0.6) is 11.5 Å². The van der Waals surface area contributed by atoms with Gasteiger partial charge in [-0.1, -0.05) is 123 Å². The molecule has 2 aliphatic heterocycles. The zero-order valence-electron chi connectivity index (χ0n) is 46.0. The Bertz CT molecular complexity index is 3230. The maximum atomic E-state index is 15.2. The molecule has 4 aliphatic rings. The molecule has 6 aromatic rings. The van der Waals surface area contributed by atoms with E-state index in [0.717, 1.165) is 86.2 Å². The number of β-amino-alcohol motifs (C(OH)–C–C–N with tert-alkyl or cyclic N) is 1. The quantitative estimate of drug-likeness (QED) is 0.0567. The summed E-state index contributed by atoms with van der Waals surface area (Å²) in [6.45, 7) is 6.04. The fraction of sp³-hybridized carbons (Fsp3) is 0.412. The van der Waals surface area contributed by atoms with Gasteiger partial charge in [0.05, 0.1) is 25.2 Å². The summed E-state index contributed by atoms with van der Waals surface area (Å²) < 4.78 is 5.80. The van der Waals surface area contributed by atoms with Crippen LogP contribution in [0.1, 0.15) is 115 Å². The van der Waals surface area contributed by atoms with Gasteiger partial charge in [-0.15, -0.1) is 0 Å². The summed E-state index contributed by atoms with van der Waals surface area (Å²) in [7, 11) is 1.53. The van der Waals surface area contributed by atoms with Gasteiger partial charge in [0.1, 0.15) is 5.82 Å². The maximum Gasteiger partial charge on any atom is 0.173 e. The van der Waals surface area contributed by atoms with Crippen molar-refractivity contribution < 1.29 is 34.8 Å². The molecule has 10 rings (SSSR count). The molecule has 1 aromatic heterocycles. The van der Waals surface area contributed by atoms with Crippen molar-refractivity contribution in [2.75, 3.05) is 32.1 Å². The number of ether oxygens (including phenoxy) is 1. The number of methoxy groups -OCH3 is 1. The Balaban J connectivity index is 1.08. The summed E-state index contributed by atoms with van der Waals surface area (Å²) in [6.07, 6.45) is 9.30. The fourth-order valence-electron chi connectivity index (χ4n) is 13.2. The van der Waals surface area contributed by atoms with Crippen LogP contribution in [0.3, 0.4) is 0 Å². The number of phenolic OH excluding ortho intramolecular Hbond substituents is 1. The van der Waals surface area contributed by atoms with Crippen molar-refractivity contribution >= 4 is 28.0 Å². The van der Waals surface area contributed by atoms with E-state index in [9.17, 15) is 25.2 Å². The number of aromatic nitrogens is 1. The summed E-state index contributed by atoms with van der Waals surface area (Å²) in [5.74, 6) is 5.66. The van der Waals surface area contributed by atoms with E-state index in [2.05, 4.69) is 126 Å². The highest BCUT2D eigenvalue weighted by Crippen LogP contribution is 2.46. The van der Waals surface area contributed by atoms with E-state index < -0.39 is 47.6 Å². The smallest absolute Gasteiger partial charge is 0.173 e. The molecule has 3 heterocycles. The number of fused-ring (bicyclic) bond motifs is 9. The zero-order valence-corrected chi connectivity index (χ0v) is 46.0. The van der Waals surface area contributed by atoms with Gasteiger partial charge in [-0.25, -0.2) is 0 Å². The average molecular weight is 1060 g/mol. The minimum absolute atomic E-state index is 0.0165. The first kappa shape index (κ1) is 55.4. The number of ketones is 2. The van der Waals surface area contributed by atoms with Gasteiger partial charge in [0.2, 0.25) is 0 Å². The highest BCUT2D eigenvalue weighted by molar-refractivity contribution is 6.06. The number of H-pyrrole nitrogens is 1. The molecule has 5 aromatic carbocycles. The predicted octanol–water partition coefficient (Wildman–Crippen LogP) is 10.4. The molecule has 11 nitrogen and oxygen atoms in total. The summed E-state index contributed by atoms with van der Waals surface area (Å²) in [5, 5.41) is 60.8. The van der Waals surface area contributed by atoms with Crippen LogP contribution in [-0.2, 0) is 41.7 Å². The van der Waals surface area contributed by atoms with Crippen LogP contribution in [0.4, 0.5) is 5.69 Å². The molecule has 1 saturated carbocycles. The lowest BCUT2D eigenvalue weighted by Gasteiger charge is -2.33. The number of carbonyl (C=O) groups excluding carboxylic acids is 2. The number of dihydropyridines is 1. The number of carbonyl (C=O) groups is 2. The summed E-state index contributed by atoms with van der Waals surface area (Å²) in [6, 6.07) is 36.9. The van der Waals surface area contributed by atoms with Gasteiger partial charge in [-0.05, 0) is 162 Å². The first-order valence-electron chi connectivity index (χ1n) is 28.9. The molecule has 9 bridgehead atoms. The van der Waals surface area contributed by atoms with Crippen molar-refractivity contribution in [1.29, 1.82) is 0 Å². The lowest BCUT2D eigenvalue weighted by Crippen LogP contribution is -2.40. The summed E-state index contributed by atoms with van der Waals surface area (Å²) in [4.78, 5) is 33.1. The minimum atomic E-state index is -1.85. The summed E-state index contributed by atoms with van der Waals surface area (Å²) in [5.41, 5.74) is 9.54. The van der Waals surface area contributed by atoms with E-state index in [1.165, 1.54) is 7.11 Å². The van der Waals surface area contributed by atoms with E-state index in [0.29, 0.717) is 75.9 Å². The Morgan fingerprint density at radius 3 is 2.38 bits per heavy atom. The van der Waals surface area contributed by atoms with Gasteiger partial charge in [0, 0.05) is 67.5 Å². The fourth-order valence-corrected chi connectivity index (χ4v) is 13.2. The molecule has 10 unspecified atom stereocenters. The third kappa shape index (κ3) is 13.2. The van der Waals surface area contributed by atoms with Crippen molar-refractivity contribution in [3.63, 3.8) is 0 Å². The number of Topliss-reactive ketones (excluding diaryl/α,β-unsaturated/α-hetero) is 2. The van der Waals surface area contributed by atoms with Crippen molar-refractivity contribution in [1.82, 2.24) is 15.6 Å². The third-order valence-electron chi connectivity index (χ3n) is 17.4. The number of aromatic hydroxyl groups is 1. The zero-order chi connectivity index (χ0) is 55.0. The second-order valence-corrected chi connectivity index (χ2v) is 23.0. The van der Waals surface area contributed by atoms with E-state index in [1.54, 1.807) is 6.07 Å². The second-order valence-electron chi connectivity index (χ2n) is 23.0. The lowest BCUT2D eigenvalue weighted by atomic mass is 9.73. The molecule has 0 amide bonds. The number of allylic oxidation sites excluding steroid dienone is 2.